The van der Waals surface area contributed by atoms with Crippen LogP contribution in [0.2, 0.25) is 0 Å². The van der Waals surface area contributed by atoms with Crippen molar-refractivity contribution in [1.29, 1.82) is 0 Å². The lowest BCUT2D eigenvalue weighted by atomic mass is 10.1. The van der Waals surface area contributed by atoms with Gasteiger partial charge < -0.3 is 20.1 Å². The SMILES string of the molecule is [N-]=[N+]=N[C@H]1C(=O)O[C@H]([C@H](O)CO)[C@H]1O. The van der Waals surface area contributed by atoms with Gasteiger partial charge >= 0.3 is 5.97 Å². The van der Waals surface area contributed by atoms with Crippen molar-refractivity contribution in [3.05, 3.63) is 10.4 Å². The van der Waals surface area contributed by atoms with E-state index in [9.17, 15) is 9.90 Å². The van der Waals surface area contributed by atoms with Gasteiger partial charge in [0.25, 0.3) is 0 Å². The quantitative estimate of drug-likeness (QED) is 0.217. The Morgan fingerprint density at radius 1 is 1.71 bits per heavy atom. The molecule has 0 spiro atoms. The first-order chi connectivity index (χ1) is 6.61. The first kappa shape index (κ1) is 10.7. The summed E-state index contributed by atoms with van der Waals surface area (Å²) in [7, 11) is 0. The van der Waals surface area contributed by atoms with Gasteiger partial charge in [-0.1, -0.05) is 5.11 Å². The zero-order valence-corrected chi connectivity index (χ0v) is 7.02. The summed E-state index contributed by atoms with van der Waals surface area (Å²) in [5.41, 5.74) is 8.07. The second-order valence-electron chi connectivity index (χ2n) is 2.79. The van der Waals surface area contributed by atoms with E-state index in [1.54, 1.807) is 0 Å². The minimum Gasteiger partial charge on any atom is -0.456 e. The van der Waals surface area contributed by atoms with Gasteiger partial charge in [0.2, 0.25) is 0 Å². The summed E-state index contributed by atoms with van der Waals surface area (Å²) in [6, 6.07) is -1.36. The fraction of sp³-hybridized carbons (Fsp3) is 0.833. The number of carbonyl (C=O) groups is 1. The Kier molecular flexibility index (Phi) is 3.26. The van der Waals surface area contributed by atoms with Gasteiger partial charge in [0.1, 0.15) is 12.2 Å². The van der Waals surface area contributed by atoms with Crippen molar-refractivity contribution >= 4 is 5.97 Å². The highest BCUT2D eigenvalue weighted by molar-refractivity contribution is 5.79. The summed E-state index contributed by atoms with van der Waals surface area (Å²) >= 11 is 0. The molecule has 0 radical (unpaired) electrons. The van der Waals surface area contributed by atoms with Crippen LogP contribution in [0.5, 0.6) is 0 Å². The molecule has 0 aliphatic carbocycles. The van der Waals surface area contributed by atoms with E-state index in [-0.39, 0.29) is 0 Å². The van der Waals surface area contributed by atoms with Crippen LogP contribution in [0.4, 0.5) is 0 Å². The van der Waals surface area contributed by atoms with Crippen LogP contribution in [0.3, 0.4) is 0 Å². The second kappa shape index (κ2) is 4.25. The molecule has 1 heterocycles. The highest BCUT2D eigenvalue weighted by Gasteiger charge is 2.46. The van der Waals surface area contributed by atoms with E-state index in [0.717, 1.165) is 0 Å². The lowest BCUT2D eigenvalue weighted by molar-refractivity contribution is -0.148. The van der Waals surface area contributed by atoms with Crippen molar-refractivity contribution in [1.82, 2.24) is 0 Å². The topological polar surface area (TPSA) is 136 Å². The van der Waals surface area contributed by atoms with Gasteiger partial charge in [-0.05, 0) is 5.53 Å². The maximum atomic E-state index is 11.0. The van der Waals surface area contributed by atoms with E-state index in [1.807, 2.05) is 0 Å². The van der Waals surface area contributed by atoms with Crippen molar-refractivity contribution in [2.45, 2.75) is 24.4 Å². The number of ether oxygens (including phenoxy) is 1. The monoisotopic (exact) mass is 203 g/mol. The summed E-state index contributed by atoms with van der Waals surface area (Å²) < 4.78 is 4.53. The Morgan fingerprint density at radius 3 is 2.86 bits per heavy atom. The van der Waals surface area contributed by atoms with Crippen molar-refractivity contribution in [2.24, 2.45) is 5.11 Å². The molecule has 0 saturated carbocycles. The first-order valence-corrected chi connectivity index (χ1v) is 3.83. The Morgan fingerprint density at radius 2 is 2.36 bits per heavy atom. The molecule has 0 aromatic rings. The number of esters is 1. The highest BCUT2D eigenvalue weighted by atomic mass is 16.6. The molecule has 8 heteroatoms. The molecular formula is C6H9N3O5. The summed E-state index contributed by atoms with van der Waals surface area (Å²) in [4.78, 5) is 13.3. The van der Waals surface area contributed by atoms with E-state index in [4.69, 9.17) is 15.7 Å². The van der Waals surface area contributed by atoms with E-state index in [0.29, 0.717) is 0 Å². The molecule has 1 rings (SSSR count). The zero-order valence-electron chi connectivity index (χ0n) is 7.02. The number of aliphatic hydroxyl groups is 3. The maximum Gasteiger partial charge on any atom is 0.318 e. The lowest BCUT2D eigenvalue weighted by Gasteiger charge is -2.17. The molecule has 0 aromatic heterocycles. The molecule has 1 fully saturated rings. The molecule has 0 unspecified atom stereocenters. The van der Waals surface area contributed by atoms with Crippen molar-refractivity contribution < 1.29 is 24.9 Å². The standard InChI is InChI=1S/C6H9N3O5/c7-9-8-3-4(12)5(2(11)1-10)14-6(3)13/h2-5,10-12H,1H2/t2-,3-,4+,5-/m1/s1. The average Bonchev–Trinajstić information content (AvgIpc) is 2.45. The summed E-state index contributed by atoms with van der Waals surface area (Å²) in [6.07, 6.45) is -4.06. The van der Waals surface area contributed by atoms with Crippen molar-refractivity contribution in [3.8, 4) is 0 Å². The van der Waals surface area contributed by atoms with Crippen molar-refractivity contribution in [3.63, 3.8) is 0 Å². The Hall–Kier alpha value is -1.34. The van der Waals surface area contributed by atoms with E-state index in [2.05, 4.69) is 14.8 Å². The Bertz CT molecular complexity index is 277. The molecule has 0 aromatic carbocycles. The predicted molar refractivity (Wildman–Crippen MR) is 41.9 cm³/mol. The van der Waals surface area contributed by atoms with Gasteiger partial charge in [-0.25, -0.2) is 0 Å². The minimum atomic E-state index is -1.43. The fourth-order valence-electron chi connectivity index (χ4n) is 1.17. The molecule has 1 saturated heterocycles. The first-order valence-electron chi connectivity index (χ1n) is 3.83. The number of cyclic esters (lactones) is 1. The number of carbonyl (C=O) groups excluding carboxylic acids is 1. The Labute approximate surface area is 78.3 Å². The zero-order chi connectivity index (χ0) is 10.7. The Balaban J connectivity index is 2.78. The lowest BCUT2D eigenvalue weighted by Crippen LogP contribution is -2.39. The van der Waals surface area contributed by atoms with Gasteiger partial charge in [-0.3, -0.25) is 4.79 Å². The number of hydrogen-bond acceptors (Lipinski definition) is 6. The van der Waals surface area contributed by atoms with Gasteiger partial charge in [-0.2, -0.15) is 0 Å². The van der Waals surface area contributed by atoms with Gasteiger partial charge in [0, 0.05) is 4.91 Å². The van der Waals surface area contributed by atoms with E-state index >= 15 is 0 Å². The molecule has 4 atom stereocenters. The third-order valence-electron chi connectivity index (χ3n) is 1.90. The predicted octanol–water partition coefficient (Wildman–Crippen LogP) is -1.70. The second-order valence-corrected chi connectivity index (χ2v) is 2.79. The number of rotatable bonds is 3. The fourth-order valence-corrected chi connectivity index (χ4v) is 1.17. The number of nitrogens with zero attached hydrogens (tertiary/aromatic N) is 3. The smallest absolute Gasteiger partial charge is 0.318 e. The third kappa shape index (κ3) is 1.78. The van der Waals surface area contributed by atoms with E-state index < -0.39 is 36.9 Å². The molecule has 3 N–H and O–H groups in total. The van der Waals surface area contributed by atoms with Crippen LogP contribution in [0.25, 0.3) is 10.4 Å². The minimum absolute atomic E-state index is 0.655. The maximum absolute atomic E-state index is 11.0. The summed E-state index contributed by atoms with van der Waals surface area (Å²) in [6.45, 7) is -0.655. The molecule has 1 aliphatic heterocycles. The van der Waals surface area contributed by atoms with E-state index in [1.165, 1.54) is 0 Å². The van der Waals surface area contributed by atoms with Crippen LogP contribution in [-0.2, 0) is 9.53 Å². The summed E-state index contributed by atoms with van der Waals surface area (Å²) in [5, 5.41) is 30.1. The van der Waals surface area contributed by atoms with Crippen LogP contribution in [0.1, 0.15) is 0 Å². The van der Waals surface area contributed by atoms with Gasteiger partial charge in [0.05, 0.1) is 6.61 Å². The highest BCUT2D eigenvalue weighted by Crippen LogP contribution is 2.21. The molecule has 14 heavy (non-hydrogen) atoms. The van der Waals surface area contributed by atoms with Crippen LogP contribution >= 0.6 is 0 Å². The van der Waals surface area contributed by atoms with Gasteiger partial charge in [-0.15, -0.1) is 0 Å². The van der Waals surface area contributed by atoms with Crippen LogP contribution in [-0.4, -0.2) is 52.2 Å². The normalized spacial score (nSPS) is 33.4. The number of azide groups is 1. The number of hydrogen-bond donors (Lipinski definition) is 3. The van der Waals surface area contributed by atoms with Gasteiger partial charge in [0.15, 0.2) is 12.1 Å². The summed E-state index contributed by atoms with van der Waals surface area (Å²) in [5.74, 6) is -0.909. The molecular weight excluding hydrogens is 194 g/mol. The van der Waals surface area contributed by atoms with Crippen LogP contribution in [0, 0.1) is 0 Å². The largest absolute Gasteiger partial charge is 0.456 e. The third-order valence-corrected chi connectivity index (χ3v) is 1.90. The molecule has 1 aliphatic rings. The molecule has 78 valence electrons. The average molecular weight is 203 g/mol. The number of aliphatic hydroxyl groups excluding tert-OH is 3. The van der Waals surface area contributed by atoms with Crippen LogP contribution < -0.4 is 0 Å². The molecule has 0 bridgehead atoms. The molecule has 0 amide bonds. The molecule has 8 nitrogen and oxygen atoms in total. The van der Waals surface area contributed by atoms with Crippen molar-refractivity contribution in [2.75, 3.05) is 6.61 Å². The van der Waals surface area contributed by atoms with Crippen LogP contribution in [0.15, 0.2) is 5.11 Å².